The number of benzene rings is 1. The van der Waals surface area contributed by atoms with Gasteiger partial charge in [0.15, 0.2) is 0 Å². The first-order valence-corrected chi connectivity index (χ1v) is 6.63. The predicted octanol–water partition coefficient (Wildman–Crippen LogP) is 3.58. The normalized spacial score (nSPS) is 12.8. The summed E-state index contributed by atoms with van der Waals surface area (Å²) in [5.41, 5.74) is 1.33. The molecule has 2 heteroatoms. The lowest BCUT2D eigenvalue weighted by atomic mass is 10.0. The quantitative estimate of drug-likeness (QED) is 0.780. The van der Waals surface area contributed by atoms with Gasteiger partial charge < -0.3 is 10.1 Å². The van der Waals surface area contributed by atoms with Crippen LogP contribution in [0.15, 0.2) is 24.3 Å². The molecule has 0 aliphatic heterocycles. The zero-order chi connectivity index (χ0) is 12.7. The van der Waals surface area contributed by atoms with Gasteiger partial charge in [0.2, 0.25) is 0 Å². The highest BCUT2D eigenvalue weighted by Crippen LogP contribution is 2.20. The number of hydrogen-bond donors (Lipinski definition) is 1. The van der Waals surface area contributed by atoms with E-state index in [0.29, 0.717) is 12.0 Å². The van der Waals surface area contributed by atoms with Crippen LogP contribution in [0.5, 0.6) is 5.75 Å². The van der Waals surface area contributed by atoms with Crippen LogP contribution in [-0.4, -0.2) is 19.2 Å². The summed E-state index contributed by atoms with van der Waals surface area (Å²) in [4.78, 5) is 0. The molecule has 1 atom stereocenters. The fraction of sp³-hybridized carbons (Fsp3) is 0.600. The van der Waals surface area contributed by atoms with Gasteiger partial charge in [-0.15, -0.1) is 0 Å². The Labute approximate surface area is 105 Å². The zero-order valence-electron chi connectivity index (χ0n) is 11.5. The monoisotopic (exact) mass is 235 g/mol. The lowest BCUT2D eigenvalue weighted by Crippen LogP contribution is -2.33. The van der Waals surface area contributed by atoms with Crippen LogP contribution in [0.2, 0.25) is 0 Å². The van der Waals surface area contributed by atoms with Gasteiger partial charge >= 0.3 is 0 Å². The number of nitrogens with one attached hydrogen (secondary N) is 1. The fourth-order valence-corrected chi connectivity index (χ4v) is 1.77. The molecule has 0 radical (unpaired) electrons. The summed E-state index contributed by atoms with van der Waals surface area (Å²) in [6.07, 6.45) is 1.09. The van der Waals surface area contributed by atoms with Gasteiger partial charge in [-0.2, -0.15) is 0 Å². The number of ether oxygens (including phenoxy) is 1. The second-order valence-electron chi connectivity index (χ2n) is 4.70. The van der Waals surface area contributed by atoms with Gasteiger partial charge in [0, 0.05) is 6.04 Å². The molecule has 1 aromatic rings. The van der Waals surface area contributed by atoms with E-state index < -0.39 is 0 Å². The SMILES string of the molecule is CCNC(CC)COc1cccc(C(C)C)c1. The molecular weight excluding hydrogens is 210 g/mol. The minimum Gasteiger partial charge on any atom is -0.492 e. The topological polar surface area (TPSA) is 21.3 Å². The lowest BCUT2D eigenvalue weighted by Gasteiger charge is -2.17. The van der Waals surface area contributed by atoms with E-state index in [9.17, 15) is 0 Å². The Kier molecular flexibility index (Phi) is 6.06. The number of rotatable bonds is 7. The standard InChI is InChI=1S/C15H25NO/c1-5-14(16-6-2)11-17-15-9-7-8-13(10-15)12(3)4/h7-10,12,14,16H,5-6,11H2,1-4H3. The van der Waals surface area contributed by atoms with Crippen LogP contribution in [0, 0.1) is 0 Å². The average Bonchev–Trinajstić information content (AvgIpc) is 2.34. The van der Waals surface area contributed by atoms with E-state index in [2.05, 4.69) is 51.2 Å². The molecule has 1 unspecified atom stereocenters. The van der Waals surface area contributed by atoms with Gasteiger partial charge in [-0.1, -0.05) is 39.8 Å². The van der Waals surface area contributed by atoms with Gasteiger partial charge in [-0.05, 0) is 36.6 Å². The fourth-order valence-electron chi connectivity index (χ4n) is 1.77. The largest absolute Gasteiger partial charge is 0.492 e. The Bertz CT molecular complexity index is 322. The Hall–Kier alpha value is -1.02. The van der Waals surface area contributed by atoms with E-state index in [0.717, 1.165) is 25.3 Å². The molecule has 0 saturated heterocycles. The Balaban J connectivity index is 2.53. The number of hydrogen-bond acceptors (Lipinski definition) is 2. The first-order valence-electron chi connectivity index (χ1n) is 6.63. The van der Waals surface area contributed by atoms with Crippen molar-refractivity contribution in [2.24, 2.45) is 0 Å². The van der Waals surface area contributed by atoms with Crippen molar-refractivity contribution in [1.82, 2.24) is 5.32 Å². The van der Waals surface area contributed by atoms with Gasteiger partial charge in [-0.25, -0.2) is 0 Å². The third-order valence-electron chi connectivity index (χ3n) is 2.96. The van der Waals surface area contributed by atoms with Crippen molar-refractivity contribution in [3.05, 3.63) is 29.8 Å². The van der Waals surface area contributed by atoms with Gasteiger partial charge in [-0.3, -0.25) is 0 Å². The summed E-state index contributed by atoms with van der Waals surface area (Å²) in [6.45, 7) is 10.4. The second kappa shape index (κ2) is 7.33. The van der Waals surface area contributed by atoms with E-state index in [-0.39, 0.29) is 0 Å². The third kappa shape index (κ3) is 4.78. The molecule has 0 bridgehead atoms. The predicted molar refractivity (Wildman–Crippen MR) is 73.8 cm³/mol. The summed E-state index contributed by atoms with van der Waals surface area (Å²) in [6, 6.07) is 8.84. The van der Waals surface area contributed by atoms with Crippen molar-refractivity contribution in [3.63, 3.8) is 0 Å². The lowest BCUT2D eigenvalue weighted by molar-refractivity contribution is 0.262. The van der Waals surface area contributed by atoms with E-state index in [1.165, 1.54) is 5.56 Å². The van der Waals surface area contributed by atoms with Crippen molar-refractivity contribution >= 4 is 0 Å². The van der Waals surface area contributed by atoms with Gasteiger partial charge in [0.1, 0.15) is 12.4 Å². The summed E-state index contributed by atoms with van der Waals surface area (Å²) < 4.78 is 5.84. The Morgan fingerprint density at radius 3 is 2.59 bits per heavy atom. The molecule has 2 nitrogen and oxygen atoms in total. The molecule has 0 aliphatic rings. The molecule has 0 aliphatic carbocycles. The van der Waals surface area contributed by atoms with Crippen LogP contribution in [0.25, 0.3) is 0 Å². The number of likely N-dealkylation sites (N-methyl/N-ethyl adjacent to an activating group) is 1. The minimum atomic E-state index is 0.447. The van der Waals surface area contributed by atoms with Gasteiger partial charge in [0.05, 0.1) is 0 Å². The summed E-state index contributed by atoms with van der Waals surface area (Å²) in [7, 11) is 0. The molecule has 0 fully saturated rings. The zero-order valence-corrected chi connectivity index (χ0v) is 11.5. The van der Waals surface area contributed by atoms with Crippen molar-refractivity contribution < 1.29 is 4.74 Å². The summed E-state index contributed by atoms with van der Waals surface area (Å²) in [5, 5.41) is 3.41. The average molecular weight is 235 g/mol. The van der Waals surface area contributed by atoms with Crippen molar-refractivity contribution in [1.29, 1.82) is 0 Å². The maximum Gasteiger partial charge on any atom is 0.119 e. The summed E-state index contributed by atoms with van der Waals surface area (Å²) in [5.74, 6) is 1.53. The molecule has 0 saturated carbocycles. The van der Waals surface area contributed by atoms with Gasteiger partial charge in [0.25, 0.3) is 0 Å². The van der Waals surface area contributed by atoms with E-state index >= 15 is 0 Å². The molecular formula is C15H25NO. The minimum absolute atomic E-state index is 0.447. The molecule has 1 rings (SSSR count). The van der Waals surface area contributed by atoms with Crippen LogP contribution >= 0.6 is 0 Å². The van der Waals surface area contributed by atoms with E-state index in [1.807, 2.05) is 6.07 Å². The highest BCUT2D eigenvalue weighted by molar-refractivity contribution is 5.30. The van der Waals surface area contributed by atoms with Crippen molar-refractivity contribution in [2.75, 3.05) is 13.2 Å². The molecule has 0 spiro atoms. The first kappa shape index (κ1) is 14.0. The Morgan fingerprint density at radius 2 is 2.00 bits per heavy atom. The van der Waals surface area contributed by atoms with Crippen LogP contribution in [0.1, 0.15) is 45.6 Å². The van der Waals surface area contributed by atoms with E-state index in [1.54, 1.807) is 0 Å². The molecule has 17 heavy (non-hydrogen) atoms. The van der Waals surface area contributed by atoms with Crippen LogP contribution in [0.4, 0.5) is 0 Å². The van der Waals surface area contributed by atoms with Crippen LogP contribution in [0.3, 0.4) is 0 Å². The molecule has 0 heterocycles. The molecule has 1 aromatic carbocycles. The third-order valence-corrected chi connectivity index (χ3v) is 2.96. The molecule has 0 aromatic heterocycles. The summed E-state index contributed by atoms with van der Waals surface area (Å²) >= 11 is 0. The van der Waals surface area contributed by atoms with Crippen LogP contribution in [-0.2, 0) is 0 Å². The smallest absolute Gasteiger partial charge is 0.119 e. The van der Waals surface area contributed by atoms with Crippen molar-refractivity contribution in [3.8, 4) is 5.75 Å². The van der Waals surface area contributed by atoms with Crippen LogP contribution < -0.4 is 10.1 Å². The Morgan fingerprint density at radius 1 is 1.24 bits per heavy atom. The highest BCUT2D eigenvalue weighted by atomic mass is 16.5. The molecule has 1 N–H and O–H groups in total. The van der Waals surface area contributed by atoms with E-state index in [4.69, 9.17) is 4.74 Å². The maximum absolute atomic E-state index is 5.84. The van der Waals surface area contributed by atoms with Crippen molar-refractivity contribution in [2.45, 2.75) is 46.1 Å². The highest BCUT2D eigenvalue weighted by Gasteiger charge is 2.06. The first-order chi connectivity index (χ1) is 8.17. The maximum atomic E-state index is 5.84. The molecule has 0 amide bonds. The second-order valence-corrected chi connectivity index (χ2v) is 4.70. The molecule has 96 valence electrons.